The maximum Gasteiger partial charge on any atom is 0.250 e. The second-order valence-electron chi connectivity index (χ2n) is 3.72. The first-order valence-electron chi connectivity index (χ1n) is 5.03. The zero-order valence-electron chi connectivity index (χ0n) is 8.37. The molecule has 1 aliphatic rings. The van der Waals surface area contributed by atoms with Crippen molar-refractivity contribution in [2.75, 3.05) is 18.0 Å². The van der Waals surface area contributed by atoms with Crippen LogP contribution >= 0.6 is 11.6 Å². The Hall–Kier alpha value is -1.22. The number of primary amides is 1. The highest BCUT2D eigenvalue weighted by Gasteiger charge is 2.18. The van der Waals surface area contributed by atoms with Gasteiger partial charge in [-0.1, -0.05) is 11.6 Å². The molecule has 1 heterocycles. The Labute approximate surface area is 93.8 Å². The zero-order valence-corrected chi connectivity index (χ0v) is 9.13. The fourth-order valence-corrected chi connectivity index (χ4v) is 2.10. The van der Waals surface area contributed by atoms with Gasteiger partial charge >= 0.3 is 0 Å². The van der Waals surface area contributed by atoms with E-state index in [1.807, 2.05) is 6.07 Å². The van der Waals surface area contributed by atoms with Crippen LogP contribution in [0.3, 0.4) is 0 Å². The molecule has 4 heteroatoms. The van der Waals surface area contributed by atoms with Crippen LogP contribution in [0.1, 0.15) is 23.2 Å². The molecule has 0 unspecified atom stereocenters. The number of amides is 1. The van der Waals surface area contributed by atoms with E-state index in [0.29, 0.717) is 10.6 Å². The lowest BCUT2D eigenvalue weighted by Gasteiger charge is -2.20. The molecule has 3 nitrogen and oxygen atoms in total. The van der Waals surface area contributed by atoms with E-state index in [9.17, 15) is 4.79 Å². The Bertz CT molecular complexity index is 386. The van der Waals surface area contributed by atoms with Crippen LogP contribution in [0.25, 0.3) is 0 Å². The number of benzene rings is 1. The smallest absolute Gasteiger partial charge is 0.250 e. The summed E-state index contributed by atoms with van der Waals surface area (Å²) in [5.74, 6) is -0.395. The van der Waals surface area contributed by atoms with Gasteiger partial charge in [0.1, 0.15) is 0 Å². The highest BCUT2D eigenvalue weighted by atomic mass is 35.5. The minimum absolute atomic E-state index is 0.395. The van der Waals surface area contributed by atoms with Gasteiger partial charge in [-0.25, -0.2) is 0 Å². The number of hydrogen-bond donors (Lipinski definition) is 1. The van der Waals surface area contributed by atoms with Gasteiger partial charge in [0.15, 0.2) is 0 Å². The molecule has 1 aromatic carbocycles. The Morgan fingerprint density at radius 1 is 1.33 bits per heavy atom. The van der Waals surface area contributed by atoms with E-state index in [0.717, 1.165) is 31.6 Å². The Balaban J connectivity index is 2.41. The minimum Gasteiger partial charge on any atom is -0.371 e. The summed E-state index contributed by atoms with van der Waals surface area (Å²) in [6.45, 7) is 1.95. The summed E-state index contributed by atoms with van der Waals surface area (Å²) in [4.78, 5) is 13.4. The Morgan fingerprint density at radius 3 is 2.60 bits per heavy atom. The zero-order chi connectivity index (χ0) is 10.8. The second kappa shape index (κ2) is 4.11. The molecule has 0 bridgehead atoms. The molecule has 0 aromatic heterocycles. The number of nitrogens with zero attached hydrogens (tertiary/aromatic N) is 1. The molecule has 1 saturated heterocycles. The summed E-state index contributed by atoms with van der Waals surface area (Å²) >= 11 is 5.92. The summed E-state index contributed by atoms with van der Waals surface area (Å²) < 4.78 is 0. The summed E-state index contributed by atoms with van der Waals surface area (Å²) in [5, 5.41) is 0.641. The SMILES string of the molecule is NC(=O)c1ccc(Cl)cc1N1CCCC1. The number of anilines is 1. The average molecular weight is 225 g/mol. The lowest BCUT2D eigenvalue weighted by Crippen LogP contribution is -2.23. The first-order valence-corrected chi connectivity index (χ1v) is 5.40. The van der Waals surface area contributed by atoms with E-state index in [2.05, 4.69) is 4.90 Å². The van der Waals surface area contributed by atoms with E-state index in [1.165, 1.54) is 0 Å². The molecule has 1 aromatic rings. The van der Waals surface area contributed by atoms with Crippen molar-refractivity contribution >= 4 is 23.2 Å². The second-order valence-corrected chi connectivity index (χ2v) is 4.16. The number of carbonyl (C=O) groups excluding carboxylic acids is 1. The van der Waals surface area contributed by atoms with Crippen molar-refractivity contribution in [2.24, 2.45) is 5.73 Å². The topological polar surface area (TPSA) is 46.3 Å². The van der Waals surface area contributed by atoms with Crippen molar-refractivity contribution in [1.29, 1.82) is 0 Å². The molecule has 2 N–H and O–H groups in total. The number of nitrogens with two attached hydrogens (primary N) is 1. The Morgan fingerprint density at radius 2 is 2.00 bits per heavy atom. The van der Waals surface area contributed by atoms with E-state index in [-0.39, 0.29) is 0 Å². The number of hydrogen-bond acceptors (Lipinski definition) is 2. The van der Waals surface area contributed by atoms with Crippen molar-refractivity contribution in [3.63, 3.8) is 0 Å². The molecule has 1 amide bonds. The van der Waals surface area contributed by atoms with Gasteiger partial charge in [0.2, 0.25) is 0 Å². The molecule has 80 valence electrons. The first kappa shape index (κ1) is 10.3. The monoisotopic (exact) mass is 224 g/mol. The number of halogens is 1. The van der Waals surface area contributed by atoms with Gasteiger partial charge in [-0.05, 0) is 31.0 Å². The van der Waals surface area contributed by atoms with Crippen molar-refractivity contribution in [3.05, 3.63) is 28.8 Å². The minimum atomic E-state index is -0.395. The fraction of sp³-hybridized carbons (Fsp3) is 0.364. The van der Waals surface area contributed by atoms with Gasteiger partial charge in [-0.15, -0.1) is 0 Å². The maximum atomic E-state index is 11.2. The predicted octanol–water partition coefficient (Wildman–Crippen LogP) is 2.04. The lowest BCUT2D eigenvalue weighted by atomic mass is 10.1. The Kier molecular flexibility index (Phi) is 2.82. The molecule has 0 saturated carbocycles. The number of rotatable bonds is 2. The van der Waals surface area contributed by atoms with Crippen LogP contribution < -0.4 is 10.6 Å². The van der Waals surface area contributed by atoms with E-state index in [1.54, 1.807) is 12.1 Å². The largest absolute Gasteiger partial charge is 0.371 e. The van der Waals surface area contributed by atoms with Crippen LogP contribution in [0, 0.1) is 0 Å². The summed E-state index contributed by atoms with van der Waals surface area (Å²) in [6, 6.07) is 5.20. The van der Waals surface area contributed by atoms with Gasteiger partial charge in [-0.2, -0.15) is 0 Å². The first-order chi connectivity index (χ1) is 7.18. The standard InChI is InChI=1S/C11H13ClN2O/c12-8-3-4-9(11(13)15)10(7-8)14-5-1-2-6-14/h3-4,7H,1-2,5-6H2,(H2,13,15). The molecule has 2 rings (SSSR count). The molecule has 1 aliphatic heterocycles. The van der Waals surface area contributed by atoms with E-state index < -0.39 is 5.91 Å². The van der Waals surface area contributed by atoms with Crippen LogP contribution in [0.15, 0.2) is 18.2 Å². The fourth-order valence-electron chi connectivity index (χ4n) is 1.93. The van der Waals surface area contributed by atoms with Crippen LogP contribution in [-0.2, 0) is 0 Å². The summed E-state index contributed by atoms with van der Waals surface area (Å²) in [5.41, 5.74) is 6.75. The average Bonchev–Trinajstić information content (AvgIpc) is 2.69. The van der Waals surface area contributed by atoms with Gasteiger partial charge in [-0.3, -0.25) is 4.79 Å². The van der Waals surface area contributed by atoms with Crippen molar-refractivity contribution in [1.82, 2.24) is 0 Å². The van der Waals surface area contributed by atoms with Crippen LogP contribution in [0.4, 0.5) is 5.69 Å². The molecule has 0 aliphatic carbocycles. The highest BCUT2D eigenvalue weighted by Crippen LogP contribution is 2.27. The molecule has 1 fully saturated rings. The number of carbonyl (C=O) groups is 1. The summed E-state index contributed by atoms with van der Waals surface area (Å²) in [6.07, 6.45) is 2.31. The van der Waals surface area contributed by atoms with E-state index >= 15 is 0 Å². The summed E-state index contributed by atoms with van der Waals surface area (Å²) in [7, 11) is 0. The van der Waals surface area contributed by atoms with Crippen molar-refractivity contribution in [3.8, 4) is 0 Å². The normalized spacial score (nSPS) is 15.7. The van der Waals surface area contributed by atoms with Crippen molar-refractivity contribution in [2.45, 2.75) is 12.8 Å². The van der Waals surface area contributed by atoms with Gasteiger partial charge in [0.05, 0.1) is 11.3 Å². The lowest BCUT2D eigenvalue weighted by molar-refractivity contribution is 0.100. The molecule has 0 radical (unpaired) electrons. The third kappa shape index (κ3) is 2.07. The molecule has 0 spiro atoms. The van der Waals surface area contributed by atoms with Gasteiger partial charge < -0.3 is 10.6 Å². The quantitative estimate of drug-likeness (QED) is 0.836. The molecular weight excluding hydrogens is 212 g/mol. The maximum absolute atomic E-state index is 11.2. The third-order valence-corrected chi connectivity index (χ3v) is 2.91. The molecular formula is C11H13ClN2O. The van der Waals surface area contributed by atoms with Gasteiger partial charge in [0.25, 0.3) is 5.91 Å². The van der Waals surface area contributed by atoms with Crippen molar-refractivity contribution < 1.29 is 4.79 Å². The van der Waals surface area contributed by atoms with Crippen LogP contribution in [-0.4, -0.2) is 19.0 Å². The van der Waals surface area contributed by atoms with Crippen LogP contribution in [0.5, 0.6) is 0 Å². The van der Waals surface area contributed by atoms with E-state index in [4.69, 9.17) is 17.3 Å². The molecule has 0 atom stereocenters. The highest BCUT2D eigenvalue weighted by molar-refractivity contribution is 6.31. The van der Waals surface area contributed by atoms with Gasteiger partial charge in [0, 0.05) is 18.1 Å². The van der Waals surface area contributed by atoms with Crippen LogP contribution in [0.2, 0.25) is 5.02 Å². The predicted molar refractivity (Wildman–Crippen MR) is 61.4 cm³/mol. The molecule has 15 heavy (non-hydrogen) atoms. The third-order valence-electron chi connectivity index (χ3n) is 2.67.